The number of fused-ring (bicyclic) bond motifs is 1. The monoisotopic (exact) mass is 376 g/mol. The number of halogens is 1. The molecule has 26 heavy (non-hydrogen) atoms. The molecule has 0 aromatic heterocycles. The number of carbonyl (C=O) groups excluding carboxylic acids is 1. The molecule has 1 atom stereocenters. The lowest BCUT2D eigenvalue weighted by Gasteiger charge is -2.25. The molecule has 0 bridgehead atoms. The summed E-state index contributed by atoms with van der Waals surface area (Å²) in [6.45, 7) is 0.641. The van der Waals surface area contributed by atoms with E-state index in [9.17, 15) is 4.79 Å². The molecule has 2 aromatic carbocycles. The number of likely N-dealkylation sites (N-methyl/N-ethyl adjacent to an activating group) is 1. The van der Waals surface area contributed by atoms with Crippen molar-refractivity contribution >= 4 is 17.5 Å². The van der Waals surface area contributed by atoms with Gasteiger partial charge in [0.1, 0.15) is 5.75 Å². The fourth-order valence-corrected chi connectivity index (χ4v) is 2.79. The Morgan fingerprint density at radius 3 is 2.65 bits per heavy atom. The van der Waals surface area contributed by atoms with Crippen molar-refractivity contribution in [2.45, 2.75) is 6.04 Å². The zero-order chi connectivity index (χ0) is 18.5. The summed E-state index contributed by atoms with van der Waals surface area (Å²) in [4.78, 5) is 14.1. The third-order valence-electron chi connectivity index (χ3n) is 4.08. The highest BCUT2D eigenvalue weighted by Gasteiger charge is 2.20. The molecular weight excluding hydrogens is 356 g/mol. The van der Waals surface area contributed by atoms with Crippen LogP contribution in [0.4, 0.5) is 0 Å². The number of amides is 1. The Morgan fingerprint density at radius 1 is 1.19 bits per heavy atom. The highest BCUT2D eigenvalue weighted by molar-refractivity contribution is 6.30. The largest absolute Gasteiger partial charge is 0.484 e. The fraction of sp³-hybridized carbons (Fsp3) is 0.316. The first-order valence-corrected chi connectivity index (χ1v) is 8.62. The average Bonchev–Trinajstić information content (AvgIpc) is 3.09. The second-order valence-electron chi connectivity index (χ2n) is 6.14. The van der Waals surface area contributed by atoms with E-state index in [2.05, 4.69) is 5.32 Å². The van der Waals surface area contributed by atoms with E-state index in [0.717, 1.165) is 17.1 Å². The van der Waals surface area contributed by atoms with Crippen molar-refractivity contribution in [3.05, 3.63) is 53.1 Å². The van der Waals surface area contributed by atoms with Crippen molar-refractivity contribution in [1.29, 1.82) is 0 Å². The van der Waals surface area contributed by atoms with Crippen molar-refractivity contribution in [3.8, 4) is 17.2 Å². The highest BCUT2D eigenvalue weighted by atomic mass is 35.5. The second-order valence-corrected chi connectivity index (χ2v) is 6.58. The number of rotatable bonds is 7. The number of nitrogens with one attached hydrogen (secondary N) is 1. The van der Waals surface area contributed by atoms with Crippen LogP contribution in [0.2, 0.25) is 5.02 Å². The van der Waals surface area contributed by atoms with Gasteiger partial charge in [0.2, 0.25) is 6.79 Å². The molecule has 0 unspecified atom stereocenters. The van der Waals surface area contributed by atoms with Crippen LogP contribution in [0.25, 0.3) is 0 Å². The molecule has 0 saturated heterocycles. The number of nitrogens with zero attached hydrogens (tertiary/aromatic N) is 1. The van der Waals surface area contributed by atoms with Crippen LogP contribution in [0.1, 0.15) is 11.6 Å². The molecule has 3 rings (SSSR count). The Labute approximate surface area is 157 Å². The first-order chi connectivity index (χ1) is 12.5. The summed E-state index contributed by atoms with van der Waals surface area (Å²) in [7, 11) is 3.93. The molecule has 7 heteroatoms. The van der Waals surface area contributed by atoms with Crippen LogP contribution in [0.3, 0.4) is 0 Å². The minimum absolute atomic E-state index is 0.00369. The third kappa shape index (κ3) is 4.59. The molecule has 6 nitrogen and oxygen atoms in total. The maximum Gasteiger partial charge on any atom is 0.258 e. The topological polar surface area (TPSA) is 60.0 Å². The van der Waals surface area contributed by atoms with Gasteiger partial charge in [-0.25, -0.2) is 0 Å². The van der Waals surface area contributed by atoms with E-state index >= 15 is 0 Å². The van der Waals surface area contributed by atoms with E-state index in [1.165, 1.54) is 0 Å². The van der Waals surface area contributed by atoms with Crippen LogP contribution in [0.5, 0.6) is 17.2 Å². The SMILES string of the molecule is CN(C)[C@@H](CNC(=O)COc1ccc(Cl)cc1)c1ccc2c(c1)OCO2. The molecule has 0 spiro atoms. The number of carbonyl (C=O) groups is 1. The first kappa shape index (κ1) is 18.4. The average molecular weight is 377 g/mol. The summed E-state index contributed by atoms with van der Waals surface area (Å²) < 4.78 is 16.2. The highest BCUT2D eigenvalue weighted by Crippen LogP contribution is 2.34. The minimum atomic E-state index is -0.187. The predicted octanol–water partition coefficient (Wildman–Crippen LogP) is 2.87. The summed E-state index contributed by atoms with van der Waals surface area (Å²) in [6.07, 6.45) is 0. The maximum atomic E-state index is 12.1. The van der Waals surface area contributed by atoms with Crippen molar-refractivity contribution in [2.24, 2.45) is 0 Å². The lowest BCUT2D eigenvalue weighted by molar-refractivity contribution is -0.123. The summed E-state index contributed by atoms with van der Waals surface area (Å²) in [6, 6.07) is 12.7. The Morgan fingerprint density at radius 2 is 1.92 bits per heavy atom. The number of benzene rings is 2. The van der Waals surface area contributed by atoms with Crippen LogP contribution in [0.15, 0.2) is 42.5 Å². The van der Waals surface area contributed by atoms with Gasteiger partial charge in [-0.3, -0.25) is 4.79 Å². The molecule has 1 amide bonds. The van der Waals surface area contributed by atoms with Gasteiger partial charge in [0, 0.05) is 11.6 Å². The molecule has 1 aliphatic rings. The molecule has 1 heterocycles. The lowest BCUT2D eigenvalue weighted by atomic mass is 10.1. The zero-order valence-electron chi connectivity index (χ0n) is 14.7. The quantitative estimate of drug-likeness (QED) is 0.805. The van der Waals surface area contributed by atoms with Gasteiger partial charge in [-0.15, -0.1) is 0 Å². The van der Waals surface area contributed by atoms with E-state index < -0.39 is 0 Å². The summed E-state index contributed by atoms with van der Waals surface area (Å²) in [5, 5.41) is 3.53. The Kier molecular flexibility index (Phi) is 5.85. The molecule has 1 N–H and O–H groups in total. The van der Waals surface area contributed by atoms with Crippen molar-refractivity contribution in [3.63, 3.8) is 0 Å². The van der Waals surface area contributed by atoms with Gasteiger partial charge in [-0.05, 0) is 56.1 Å². The van der Waals surface area contributed by atoms with Gasteiger partial charge < -0.3 is 24.4 Å². The molecule has 0 aliphatic carbocycles. The van der Waals surface area contributed by atoms with Crippen LogP contribution in [-0.2, 0) is 4.79 Å². The predicted molar refractivity (Wildman–Crippen MR) is 98.9 cm³/mol. The van der Waals surface area contributed by atoms with E-state index in [-0.39, 0.29) is 25.3 Å². The van der Waals surface area contributed by atoms with Crippen LogP contribution in [0, 0.1) is 0 Å². The first-order valence-electron chi connectivity index (χ1n) is 8.24. The normalized spacial score (nSPS) is 13.5. The zero-order valence-corrected chi connectivity index (χ0v) is 15.5. The lowest BCUT2D eigenvalue weighted by Crippen LogP contribution is -2.36. The van der Waals surface area contributed by atoms with Crippen LogP contribution >= 0.6 is 11.6 Å². The minimum Gasteiger partial charge on any atom is -0.484 e. The molecule has 0 radical (unpaired) electrons. The number of ether oxygens (including phenoxy) is 3. The van der Waals surface area contributed by atoms with E-state index in [1.807, 2.05) is 37.2 Å². The van der Waals surface area contributed by atoms with Crippen molar-refractivity contribution in [1.82, 2.24) is 10.2 Å². The smallest absolute Gasteiger partial charge is 0.258 e. The fourth-order valence-electron chi connectivity index (χ4n) is 2.66. The summed E-state index contributed by atoms with van der Waals surface area (Å²) in [5.74, 6) is 1.88. The van der Waals surface area contributed by atoms with E-state index in [4.69, 9.17) is 25.8 Å². The van der Waals surface area contributed by atoms with Gasteiger partial charge in [-0.1, -0.05) is 17.7 Å². The summed E-state index contributed by atoms with van der Waals surface area (Å²) in [5.41, 5.74) is 1.04. The summed E-state index contributed by atoms with van der Waals surface area (Å²) >= 11 is 5.83. The Bertz CT molecular complexity index is 765. The molecule has 1 aliphatic heterocycles. The van der Waals surface area contributed by atoms with Crippen molar-refractivity contribution < 1.29 is 19.0 Å². The van der Waals surface area contributed by atoms with Gasteiger partial charge in [0.15, 0.2) is 18.1 Å². The Balaban J connectivity index is 1.55. The number of hydrogen-bond donors (Lipinski definition) is 1. The maximum absolute atomic E-state index is 12.1. The van der Waals surface area contributed by atoms with Gasteiger partial charge in [0.05, 0.1) is 6.04 Å². The Hall–Kier alpha value is -2.44. The second kappa shape index (κ2) is 8.29. The van der Waals surface area contributed by atoms with Crippen LogP contribution in [-0.4, -0.2) is 44.8 Å². The van der Waals surface area contributed by atoms with Crippen molar-refractivity contribution in [2.75, 3.05) is 34.0 Å². The van der Waals surface area contributed by atoms with E-state index in [0.29, 0.717) is 17.3 Å². The molecular formula is C19H21ClN2O4. The van der Waals surface area contributed by atoms with Gasteiger partial charge in [0.25, 0.3) is 5.91 Å². The molecule has 138 valence electrons. The van der Waals surface area contributed by atoms with Crippen LogP contribution < -0.4 is 19.5 Å². The van der Waals surface area contributed by atoms with Gasteiger partial charge in [-0.2, -0.15) is 0 Å². The number of hydrogen-bond acceptors (Lipinski definition) is 5. The van der Waals surface area contributed by atoms with Gasteiger partial charge >= 0.3 is 0 Å². The third-order valence-corrected chi connectivity index (χ3v) is 4.33. The van der Waals surface area contributed by atoms with E-state index in [1.54, 1.807) is 24.3 Å². The molecule has 0 saturated carbocycles. The standard InChI is InChI=1S/C19H21ClN2O4/c1-22(2)16(13-3-8-17-18(9-13)26-12-25-17)10-21-19(23)11-24-15-6-4-14(20)5-7-15/h3-9,16H,10-12H2,1-2H3,(H,21,23)/t16-/m0/s1. The molecule has 0 fully saturated rings. The molecule has 2 aromatic rings.